The summed E-state index contributed by atoms with van der Waals surface area (Å²) in [7, 11) is 0. The number of hydrogen-bond acceptors (Lipinski definition) is 4. The lowest BCUT2D eigenvalue weighted by molar-refractivity contribution is -0.131. The summed E-state index contributed by atoms with van der Waals surface area (Å²) in [4.78, 5) is 21.7. The highest BCUT2D eigenvalue weighted by molar-refractivity contribution is 5.78. The number of benzene rings is 1. The monoisotopic (exact) mass is 418 g/mol. The zero-order valence-corrected chi connectivity index (χ0v) is 17.9. The van der Waals surface area contributed by atoms with Crippen molar-refractivity contribution in [3.8, 4) is 5.69 Å². The fourth-order valence-corrected chi connectivity index (χ4v) is 3.89. The van der Waals surface area contributed by atoms with Crippen LogP contribution in [-0.4, -0.2) is 64.7 Å². The Bertz CT molecular complexity index is 920. The highest BCUT2D eigenvalue weighted by atomic mass is 16.5. The molecular weight excluding hydrogens is 388 g/mol. The summed E-state index contributed by atoms with van der Waals surface area (Å²) in [6, 6.07) is 16.2. The molecule has 0 unspecified atom stereocenters. The second-order valence-corrected chi connectivity index (χ2v) is 7.91. The molecule has 3 aromatic rings. The van der Waals surface area contributed by atoms with Crippen molar-refractivity contribution in [2.45, 2.75) is 19.4 Å². The fraction of sp³-hybridized carbons (Fsp3) is 0.360. The topological polar surface area (TPSA) is 50.6 Å². The maximum Gasteiger partial charge on any atom is 0.227 e. The van der Waals surface area contributed by atoms with Gasteiger partial charge in [-0.05, 0) is 53.9 Å². The van der Waals surface area contributed by atoms with Gasteiger partial charge in [-0.25, -0.2) is 0 Å². The summed E-state index contributed by atoms with van der Waals surface area (Å²) in [5, 5.41) is 0. The van der Waals surface area contributed by atoms with Crippen LogP contribution >= 0.6 is 0 Å². The smallest absolute Gasteiger partial charge is 0.227 e. The van der Waals surface area contributed by atoms with E-state index < -0.39 is 0 Å². The van der Waals surface area contributed by atoms with Crippen LogP contribution in [0.15, 0.2) is 73.3 Å². The molecule has 4 rings (SSSR count). The lowest BCUT2D eigenvalue weighted by atomic mass is 10.1. The van der Waals surface area contributed by atoms with E-state index in [-0.39, 0.29) is 5.91 Å². The Morgan fingerprint density at radius 3 is 2.39 bits per heavy atom. The second-order valence-electron chi connectivity index (χ2n) is 7.91. The first kappa shape index (κ1) is 21.3. The number of rotatable bonds is 9. The van der Waals surface area contributed by atoms with E-state index in [2.05, 4.69) is 26.6 Å². The molecule has 31 heavy (non-hydrogen) atoms. The molecule has 0 N–H and O–H groups in total. The molecule has 6 nitrogen and oxygen atoms in total. The second kappa shape index (κ2) is 10.9. The van der Waals surface area contributed by atoms with E-state index in [0.29, 0.717) is 13.0 Å². The van der Waals surface area contributed by atoms with E-state index in [1.165, 1.54) is 0 Å². The van der Waals surface area contributed by atoms with Crippen molar-refractivity contribution in [3.63, 3.8) is 0 Å². The first-order chi connectivity index (χ1) is 15.3. The Morgan fingerprint density at radius 1 is 0.968 bits per heavy atom. The number of pyridine rings is 1. The molecular formula is C25H30N4O2. The molecule has 0 spiro atoms. The number of morpholine rings is 1. The van der Waals surface area contributed by atoms with E-state index in [1.54, 1.807) is 12.4 Å². The average molecular weight is 419 g/mol. The summed E-state index contributed by atoms with van der Waals surface area (Å²) >= 11 is 0. The summed E-state index contributed by atoms with van der Waals surface area (Å²) in [6.07, 6.45) is 8.98. The molecule has 2 aromatic heterocycles. The maximum atomic E-state index is 13.2. The van der Waals surface area contributed by atoms with Crippen LogP contribution in [0.4, 0.5) is 0 Å². The van der Waals surface area contributed by atoms with Gasteiger partial charge in [-0.2, -0.15) is 0 Å². The van der Waals surface area contributed by atoms with Crippen molar-refractivity contribution in [1.29, 1.82) is 0 Å². The number of nitrogens with zero attached hydrogens (tertiary/aromatic N) is 4. The van der Waals surface area contributed by atoms with Crippen LogP contribution in [-0.2, 0) is 22.5 Å². The van der Waals surface area contributed by atoms with E-state index in [0.717, 1.165) is 62.6 Å². The largest absolute Gasteiger partial charge is 0.379 e. The lowest BCUT2D eigenvalue weighted by Gasteiger charge is -2.28. The van der Waals surface area contributed by atoms with Crippen molar-refractivity contribution in [1.82, 2.24) is 19.4 Å². The van der Waals surface area contributed by atoms with Crippen molar-refractivity contribution >= 4 is 5.91 Å². The number of aromatic nitrogens is 2. The Kier molecular flexibility index (Phi) is 7.47. The highest BCUT2D eigenvalue weighted by Crippen LogP contribution is 2.13. The molecule has 1 amide bonds. The van der Waals surface area contributed by atoms with Gasteiger partial charge in [-0.3, -0.25) is 14.7 Å². The first-order valence-electron chi connectivity index (χ1n) is 11.0. The van der Waals surface area contributed by atoms with Crippen molar-refractivity contribution < 1.29 is 9.53 Å². The molecule has 1 aliphatic rings. The van der Waals surface area contributed by atoms with E-state index in [9.17, 15) is 4.79 Å². The van der Waals surface area contributed by atoms with Crippen LogP contribution in [0.3, 0.4) is 0 Å². The highest BCUT2D eigenvalue weighted by Gasteiger charge is 2.16. The van der Waals surface area contributed by atoms with Gasteiger partial charge >= 0.3 is 0 Å². The number of carbonyl (C=O) groups excluding carboxylic acids is 1. The molecule has 3 heterocycles. The van der Waals surface area contributed by atoms with Crippen LogP contribution in [0.1, 0.15) is 17.5 Å². The van der Waals surface area contributed by atoms with E-state index in [4.69, 9.17) is 4.74 Å². The molecule has 0 saturated carbocycles. The number of carbonyl (C=O) groups is 1. The molecule has 0 aliphatic carbocycles. The van der Waals surface area contributed by atoms with Crippen LogP contribution in [0, 0.1) is 0 Å². The number of ether oxygens (including phenoxy) is 1. The van der Waals surface area contributed by atoms with Gasteiger partial charge in [0.25, 0.3) is 0 Å². The van der Waals surface area contributed by atoms with Gasteiger partial charge in [0, 0.05) is 63.2 Å². The molecule has 1 fully saturated rings. The van der Waals surface area contributed by atoms with Crippen molar-refractivity contribution in [2.24, 2.45) is 0 Å². The third-order valence-electron chi connectivity index (χ3n) is 5.68. The van der Waals surface area contributed by atoms with Crippen LogP contribution in [0.5, 0.6) is 0 Å². The quantitative estimate of drug-likeness (QED) is 0.536. The fourth-order valence-electron chi connectivity index (χ4n) is 3.89. The van der Waals surface area contributed by atoms with E-state index >= 15 is 0 Å². The molecule has 0 radical (unpaired) electrons. The standard InChI is InChI=1S/C25H30N4O2/c30-25(20-22-4-6-24(7-5-22)28-13-1-2-14-28)29(21-23-8-10-26-11-9-23)15-3-12-27-16-18-31-19-17-27/h1-2,4-11,13-14H,3,12,15-21H2. The molecule has 0 atom stereocenters. The normalized spacial score (nSPS) is 14.5. The third kappa shape index (κ3) is 6.26. The van der Waals surface area contributed by atoms with Crippen LogP contribution < -0.4 is 0 Å². The van der Waals surface area contributed by atoms with Gasteiger partial charge in [0.15, 0.2) is 0 Å². The van der Waals surface area contributed by atoms with Gasteiger partial charge in [0.05, 0.1) is 19.6 Å². The lowest BCUT2D eigenvalue weighted by Crippen LogP contribution is -2.39. The number of amides is 1. The Labute approximate surface area is 184 Å². The SMILES string of the molecule is O=C(Cc1ccc(-n2cccc2)cc1)N(CCCN1CCOCC1)Cc1ccncc1. The molecule has 162 valence electrons. The van der Waals surface area contributed by atoms with Crippen molar-refractivity contribution in [3.05, 3.63) is 84.4 Å². The predicted octanol–water partition coefficient (Wildman–Crippen LogP) is 3.17. The minimum Gasteiger partial charge on any atom is -0.379 e. The molecule has 1 aromatic carbocycles. The van der Waals surface area contributed by atoms with Crippen LogP contribution in [0.2, 0.25) is 0 Å². The maximum absolute atomic E-state index is 13.2. The van der Waals surface area contributed by atoms with Crippen molar-refractivity contribution in [2.75, 3.05) is 39.4 Å². The Morgan fingerprint density at radius 2 is 1.68 bits per heavy atom. The molecule has 1 aliphatic heterocycles. The zero-order valence-electron chi connectivity index (χ0n) is 17.9. The zero-order chi connectivity index (χ0) is 21.3. The third-order valence-corrected chi connectivity index (χ3v) is 5.68. The summed E-state index contributed by atoms with van der Waals surface area (Å²) in [6.45, 7) is 5.93. The van der Waals surface area contributed by atoms with Gasteiger partial charge in [-0.15, -0.1) is 0 Å². The van der Waals surface area contributed by atoms with Gasteiger partial charge in [-0.1, -0.05) is 12.1 Å². The van der Waals surface area contributed by atoms with Gasteiger partial charge in [0.1, 0.15) is 0 Å². The number of hydrogen-bond donors (Lipinski definition) is 0. The van der Waals surface area contributed by atoms with Gasteiger partial charge in [0.2, 0.25) is 5.91 Å². The average Bonchev–Trinajstić information content (AvgIpc) is 3.35. The van der Waals surface area contributed by atoms with E-state index in [1.807, 2.05) is 53.7 Å². The van der Waals surface area contributed by atoms with Crippen LogP contribution in [0.25, 0.3) is 5.69 Å². The minimum atomic E-state index is 0.160. The predicted molar refractivity (Wildman–Crippen MR) is 121 cm³/mol. The minimum absolute atomic E-state index is 0.160. The Balaban J connectivity index is 1.37. The molecule has 1 saturated heterocycles. The Hall–Kier alpha value is -2.96. The molecule has 0 bridgehead atoms. The molecule has 6 heteroatoms. The first-order valence-corrected chi connectivity index (χ1v) is 11.0. The van der Waals surface area contributed by atoms with Gasteiger partial charge < -0.3 is 14.2 Å². The summed E-state index contributed by atoms with van der Waals surface area (Å²) < 4.78 is 7.49. The summed E-state index contributed by atoms with van der Waals surface area (Å²) in [5.41, 5.74) is 3.24. The summed E-state index contributed by atoms with van der Waals surface area (Å²) in [5.74, 6) is 0.160.